The van der Waals surface area contributed by atoms with Gasteiger partial charge < -0.3 is 4.90 Å². The van der Waals surface area contributed by atoms with E-state index >= 15 is 0 Å². The molecule has 0 fully saturated rings. The van der Waals surface area contributed by atoms with Crippen molar-refractivity contribution in [2.24, 2.45) is 0 Å². The molecule has 0 unspecified atom stereocenters. The third-order valence-electron chi connectivity index (χ3n) is 4.57. The van der Waals surface area contributed by atoms with Crippen LogP contribution in [0.2, 0.25) is 0 Å². The molecule has 0 aromatic heterocycles. The van der Waals surface area contributed by atoms with Gasteiger partial charge >= 0.3 is 0 Å². The van der Waals surface area contributed by atoms with Crippen molar-refractivity contribution < 1.29 is 17.6 Å². The van der Waals surface area contributed by atoms with Gasteiger partial charge in [-0.3, -0.25) is 4.79 Å². The molecule has 5 nitrogen and oxygen atoms in total. The Hall–Kier alpha value is -2.25. The van der Waals surface area contributed by atoms with Gasteiger partial charge in [-0.15, -0.1) is 0 Å². The number of fused-ring (bicyclic) bond motifs is 1. The maximum absolute atomic E-state index is 12.9. The number of sulfonamides is 1. The lowest BCUT2D eigenvalue weighted by atomic mass is 10.1. The van der Waals surface area contributed by atoms with Gasteiger partial charge in [0.05, 0.1) is 4.90 Å². The van der Waals surface area contributed by atoms with Crippen molar-refractivity contribution in [1.29, 1.82) is 0 Å². The molecular formula is C19H21FN2O3S. The predicted molar refractivity (Wildman–Crippen MR) is 98.1 cm³/mol. The smallest absolute Gasteiger partial charge is 0.242 e. The second kappa shape index (κ2) is 7.17. The number of hydrogen-bond acceptors (Lipinski definition) is 3. The summed E-state index contributed by atoms with van der Waals surface area (Å²) in [5, 5.41) is 0. The fourth-order valence-corrected chi connectivity index (χ4v) is 4.00. The highest BCUT2D eigenvalue weighted by molar-refractivity contribution is 7.89. The molecule has 0 N–H and O–H groups in total. The zero-order valence-electron chi connectivity index (χ0n) is 14.8. The highest BCUT2D eigenvalue weighted by Gasteiger charge is 2.27. The van der Waals surface area contributed by atoms with Crippen LogP contribution in [0.4, 0.5) is 10.1 Å². The first-order valence-electron chi connectivity index (χ1n) is 8.39. The van der Waals surface area contributed by atoms with E-state index in [1.165, 1.54) is 30.5 Å². The molecule has 0 bridgehead atoms. The minimum absolute atomic E-state index is 0.0173. The predicted octanol–water partition coefficient (Wildman–Crippen LogP) is 2.60. The van der Waals surface area contributed by atoms with E-state index in [1.807, 2.05) is 0 Å². The van der Waals surface area contributed by atoms with Crippen LogP contribution in [0.3, 0.4) is 0 Å². The fourth-order valence-electron chi connectivity index (χ4n) is 3.05. The molecule has 0 spiro atoms. The summed E-state index contributed by atoms with van der Waals surface area (Å²) in [5.74, 6) is -0.312. The van der Waals surface area contributed by atoms with Gasteiger partial charge in [-0.2, -0.15) is 0 Å². The monoisotopic (exact) mass is 376 g/mol. The third-order valence-corrected chi connectivity index (χ3v) is 6.38. The number of halogens is 1. The molecule has 1 heterocycles. The third kappa shape index (κ3) is 3.64. The summed E-state index contributed by atoms with van der Waals surface area (Å²) in [6, 6.07) is 11.0. The van der Waals surface area contributed by atoms with E-state index in [0.717, 1.165) is 16.8 Å². The molecule has 0 aliphatic carbocycles. The van der Waals surface area contributed by atoms with Gasteiger partial charge in [-0.25, -0.2) is 17.1 Å². The van der Waals surface area contributed by atoms with Crippen LogP contribution in [0.1, 0.15) is 17.5 Å². The minimum Gasteiger partial charge on any atom is -0.312 e. The lowest BCUT2D eigenvalue weighted by Crippen LogP contribution is -2.29. The molecule has 3 rings (SSSR count). The van der Waals surface area contributed by atoms with E-state index in [4.69, 9.17) is 0 Å². The van der Waals surface area contributed by atoms with Gasteiger partial charge in [-0.05, 0) is 54.3 Å². The van der Waals surface area contributed by atoms with Crippen LogP contribution < -0.4 is 4.90 Å². The molecular weight excluding hydrogens is 355 g/mol. The van der Waals surface area contributed by atoms with Crippen molar-refractivity contribution in [2.75, 3.05) is 25.5 Å². The van der Waals surface area contributed by atoms with Crippen molar-refractivity contribution in [3.8, 4) is 0 Å². The van der Waals surface area contributed by atoms with Crippen LogP contribution in [0, 0.1) is 5.82 Å². The summed E-state index contributed by atoms with van der Waals surface area (Å²) in [4.78, 5) is 14.5. The Bertz CT molecular complexity index is 924. The molecule has 138 valence electrons. The summed E-state index contributed by atoms with van der Waals surface area (Å²) in [6.45, 7) is 0.545. The van der Waals surface area contributed by atoms with Crippen LogP contribution in [0.25, 0.3) is 0 Å². The van der Waals surface area contributed by atoms with Crippen molar-refractivity contribution >= 4 is 21.6 Å². The summed E-state index contributed by atoms with van der Waals surface area (Å²) in [5.41, 5.74) is 2.54. The molecule has 2 aromatic carbocycles. The number of carbonyl (C=O) groups excluding carboxylic acids is 1. The van der Waals surface area contributed by atoms with E-state index in [9.17, 15) is 17.6 Å². The van der Waals surface area contributed by atoms with Crippen molar-refractivity contribution in [3.05, 3.63) is 59.4 Å². The van der Waals surface area contributed by atoms with Gasteiger partial charge in [-0.1, -0.05) is 12.1 Å². The molecule has 0 radical (unpaired) electrons. The molecule has 2 aromatic rings. The number of benzene rings is 2. The molecule has 26 heavy (non-hydrogen) atoms. The van der Waals surface area contributed by atoms with Gasteiger partial charge in [0.15, 0.2) is 0 Å². The number of nitrogens with zero attached hydrogens (tertiary/aromatic N) is 2. The van der Waals surface area contributed by atoms with Crippen LogP contribution in [0.15, 0.2) is 47.4 Å². The maximum atomic E-state index is 12.9. The standard InChI is InChI=1S/C19H21FN2O3S/c1-21(2)26(24,25)17-8-9-18-15(13-17)11-12-22(18)19(23)10-5-14-3-6-16(20)7-4-14/h3-4,6-9,13H,5,10-12H2,1-2H3. The van der Waals surface area contributed by atoms with E-state index in [-0.39, 0.29) is 16.6 Å². The van der Waals surface area contributed by atoms with Crippen LogP contribution in [-0.2, 0) is 27.7 Å². The fraction of sp³-hybridized carbons (Fsp3) is 0.316. The van der Waals surface area contributed by atoms with E-state index in [1.54, 1.807) is 35.2 Å². The normalized spacial score (nSPS) is 13.9. The number of rotatable bonds is 5. The first-order valence-corrected chi connectivity index (χ1v) is 9.83. The number of amides is 1. The number of carbonyl (C=O) groups is 1. The first-order chi connectivity index (χ1) is 12.3. The largest absolute Gasteiger partial charge is 0.312 e. The Morgan fingerprint density at radius 3 is 2.50 bits per heavy atom. The minimum atomic E-state index is -3.49. The van der Waals surface area contributed by atoms with Crippen LogP contribution in [0.5, 0.6) is 0 Å². The maximum Gasteiger partial charge on any atom is 0.242 e. The lowest BCUT2D eigenvalue weighted by Gasteiger charge is -2.18. The number of hydrogen-bond donors (Lipinski definition) is 0. The van der Waals surface area contributed by atoms with Gasteiger partial charge in [0, 0.05) is 32.7 Å². The quantitative estimate of drug-likeness (QED) is 0.806. The molecule has 0 saturated heterocycles. The Kier molecular flexibility index (Phi) is 5.11. The second-order valence-corrected chi connectivity index (χ2v) is 8.65. The van der Waals surface area contributed by atoms with E-state index in [0.29, 0.717) is 25.8 Å². The van der Waals surface area contributed by atoms with Crippen molar-refractivity contribution in [2.45, 2.75) is 24.2 Å². The lowest BCUT2D eigenvalue weighted by molar-refractivity contribution is -0.118. The molecule has 7 heteroatoms. The first kappa shape index (κ1) is 18.5. The Morgan fingerprint density at radius 1 is 1.15 bits per heavy atom. The van der Waals surface area contributed by atoms with Crippen LogP contribution in [-0.4, -0.2) is 39.3 Å². The number of aryl methyl sites for hydroxylation is 1. The van der Waals surface area contributed by atoms with E-state index < -0.39 is 10.0 Å². The Morgan fingerprint density at radius 2 is 1.85 bits per heavy atom. The molecule has 1 amide bonds. The zero-order valence-corrected chi connectivity index (χ0v) is 15.6. The number of anilines is 1. The summed E-state index contributed by atoms with van der Waals surface area (Å²) in [7, 11) is -0.499. The van der Waals surface area contributed by atoms with Crippen molar-refractivity contribution in [3.63, 3.8) is 0 Å². The summed E-state index contributed by atoms with van der Waals surface area (Å²) < 4.78 is 38.6. The molecule has 0 saturated carbocycles. The van der Waals surface area contributed by atoms with Gasteiger partial charge in [0.2, 0.25) is 15.9 Å². The van der Waals surface area contributed by atoms with Gasteiger partial charge in [0.25, 0.3) is 0 Å². The average Bonchev–Trinajstić information content (AvgIpc) is 3.04. The molecule has 1 aliphatic heterocycles. The highest BCUT2D eigenvalue weighted by atomic mass is 32.2. The Balaban J connectivity index is 1.73. The SMILES string of the molecule is CN(C)S(=O)(=O)c1ccc2c(c1)CCN2C(=O)CCc1ccc(F)cc1. The summed E-state index contributed by atoms with van der Waals surface area (Å²) in [6.07, 6.45) is 1.50. The highest BCUT2D eigenvalue weighted by Crippen LogP contribution is 2.31. The van der Waals surface area contributed by atoms with Crippen LogP contribution >= 0.6 is 0 Å². The Labute approximate surface area is 153 Å². The van der Waals surface area contributed by atoms with Crippen molar-refractivity contribution in [1.82, 2.24) is 4.31 Å². The zero-order chi connectivity index (χ0) is 18.9. The average molecular weight is 376 g/mol. The second-order valence-electron chi connectivity index (χ2n) is 6.50. The molecule has 1 aliphatic rings. The summed E-state index contributed by atoms with van der Waals surface area (Å²) >= 11 is 0. The topological polar surface area (TPSA) is 57.7 Å². The van der Waals surface area contributed by atoms with Gasteiger partial charge in [0.1, 0.15) is 5.82 Å². The molecule has 0 atom stereocenters. The van der Waals surface area contributed by atoms with E-state index in [2.05, 4.69) is 0 Å².